The first-order valence-electron chi connectivity index (χ1n) is 5.86. The summed E-state index contributed by atoms with van der Waals surface area (Å²) in [6.07, 6.45) is 5.66. The summed E-state index contributed by atoms with van der Waals surface area (Å²) in [4.78, 5) is 0. The fourth-order valence-corrected chi connectivity index (χ4v) is 2.45. The minimum atomic E-state index is 0.360. The van der Waals surface area contributed by atoms with Crippen molar-refractivity contribution < 1.29 is 9.47 Å². The highest BCUT2D eigenvalue weighted by atomic mass is 16.6. The van der Waals surface area contributed by atoms with Gasteiger partial charge in [-0.2, -0.15) is 0 Å². The lowest BCUT2D eigenvalue weighted by atomic mass is 10.2. The Bertz CT molecular complexity index is 169. The summed E-state index contributed by atoms with van der Waals surface area (Å²) in [6, 6.07) is 0.584. The summed E-state index contributed by atoms with van der Waals surface area (Å²) in [7, 11) is 0. The van der Waals surface area contributed by atoms with E-state index in [2.05, 4.69) is 12.2 Å². The summed E-state index contributed by atoms with van der Waals surface area (Å²) in [5.41, 5.74) is 0. The number of nitrogens with one attached hydrogen (secondary N) is 1. The number of likely N-dealkylation sites (N-methyl/N-ethyl adjacent to an activating group) is 1. The first-order valence-corrected chi connectivity index (χ1v) is 5.86. The third-order valence-electron chi connectivity index (χ3n) is 3.17. The van der Waals surface area contributed by atoms with Crippen molar-refractivity contribution in [2.24, 2.45) is 0 Å². The highest BCUT2D eigenvalue weighted by molar-refractivity contribution is 4.85. The van der Waals surface area contributed by atoms with Crippen molar-refractivity contribution in [2.75, 3.05) is 19.8 Å². The van der Waals surface area contributed by atoms with Crippen molar-refractivity contribution in [2.45, 2.75) is 50.9 Å². The molecule has 0 amide bonds. The maximum atomic E-state index is 6.05. The van der Waals surface area contributed by atoms with E-state index in [1.165, 1.54) is 19.3 Å². The van der Waals surface area contributed by atoms with Gasteiger partial charge >= 0.3 is 0 Å². The van der Waals surface area contributed by atoms with Crippen LogP contribution in [-0.4, -0.2) is 38.0 Å². The molecule has 0 aromatic heterocycles. The molecule has 3 nitrogen and oxygen atoms in total. The van der Waals surface area contributed by atoms with Gasteiger partial charge in [0.2, 0.25) is 0 Å². The van der Waals surface area contributed by atoms with Gasteiger partial charge in [0.25, 0.3) is 0 Å². The van der Waals surface area contributed by atoms with Gasteiger partial charge in [0.05, 0.1) is 18.8 Å². The van der Waals surface area contributed by atoms with Gasteiger partial charge in [-0.25, -0.2) is 0 Å². The lowest BCUT2D eigenvalue weighted by Crippen LogP contribution is -2.39. The Labute approximate surface area is 86.2 Å². The molecule has 0 radical (unpaired) electrons. The standard InChI is InChI=1S/C11H21NO2/c1-2-12-10-4-3-5-11(10)14-9-6-7-13-8-9/h9-12H,2-8H2,1H3. The molecule has 1 aliphatic heterocycles. The van der Waals surface area contributed by atoms with Crippen LogP contribution < -0.4 is 5.32 Å². The normalized spacial score (nSPS) is 37.9. The number of ether oxygens (including phenoxy) is 2. The minimum Gasteiger partial charge on any atom is -0.379 e. The fourth-order valence-electron chi connectivity index (χ4n) is 2.45. The van der Waals surface area contributed by atoms with Crippen molar-refractivity contribution in [3.63, 3.8) is 0 Å². The van der Waals surface area contributed by atoms with E-state index in [-0.39, 0.29) is 0 Å². The zero-order chi connectivity index (χ0) is 9.80. The Morgan fingerprint density at radius 1 is 1.36 bits per heavy atom. The van der Waals surface area contributed by atoms with Crippen LogP contribution in [0.4, 0.5) is 0 Å². The molecule has 1 aliphatic carbocycles. The average Bonchev–Trinajstić information content (AvgIpc) is 2.80. The molecule has 1 saturated carbocycles. The molecule has 3 heteroatoms. The van der Waals surface area contributed by atoms with E-state index in [0.717, 1.165) is 26.2 Å². The molecule has 0 aromatic carbocycles. The van der Waals surface area contributed by atoms with Crippen LogP contribution >= 0.6 is 0 Å². The van der Waals surface area contributed by atoms with Crippen LogP contribution in [0.25, 0.3) is 0 Å². The molecule has 3 unspecified atom stereocenters. The Morgan fingerprint density at radius 3 is 3.00 bits per heavy atom. The SMILES string of the molecule is CCNC1CCCC1OC1CCOC1. The maximum Gasteiger partial charge on any atom is 0.0834 e. The third kappa shape index (κ3) is 2.47. The van der Waals surface area contributed by atoms with Crippen LogP contribution in [0, 0.1) is 0 Å². The van der Waals surface area contributed by atoms with E-state index >= 15 is 0 Å². The molecule has 2 rings (SSSR count). The molecule has 3 atom stereocenters. The van der Waals surface area contributed by atoms with Crippen molar-refractivity contribution >= 4 is 0 Å². The van der Waals surface area contributed by atoms with E-state index in [9.17, 15) is 0 Å². The van der Waals surface area contributed by atoms with E-state index in [4.69, 9.17) is 9.47 Å². The van der Waals surface area contributed by atoms with Gasteiger partial charge in [-0.3, -0.25) is 0 Å². The summed E-state index contributed by atoms with van der Waals surface area (Å²) >= 11 is 0. The van der Waals surface area contributed by atoms with Crippen LogP contribution in [-0.2, 0) is 9.47 Å². The van der Waals surface area contributed by atoms with Crippen molar-refractivity contribution in [1.29, 1.82) is 0 Å². The molecule has 2 aliphatic rings. The maximum absolute atomic E-state index is 6.05. The van der Waals surface area contributed by atoms with Gasteiger partial charge in [0, 0.05) is 12.6 Å². The smallest absolute Gasteiger partial charge is 0.0834 e. The van der Waals surface area contributed by atoms with E-state index in [0.29, 0.717) is 18.2 Å². The molecule has 82 valence electrons. The van der Waals surface area contributed by atoms with Gasteiger partial charge in [-0.15, -0.1) is 0 Å². The first kappa shape index (κ1) is 10.4. The lowest BCUT2D eigenvalue weighted by Gasteiger charge is -2.23. The van der Waals surface area contributed by atoms with E-state index in [1.807, 2.05) is 0 Å². The van der Waals surface area contributed by atoms with Crippen molar-refractivity contribution in [1.82, 2.24) is 5.32 Å². The molecule has 0 spiro atoms. The van der Waals surface area contributed by atoms with Crippen LogP contribution in [0.2, 0.25) is 0 Å². The van der Waals surface area contributed by atoms with Gasteiger partial charge in [0.15, 0.2) is 0 Å². The van der Waals surface area contributed by atoms with Gasteiger partial charge in [-0.05, 0) is 32.2 Å². The second-order valence-corrected chi connectivity index (χ2v) is 4.26. The highest BCUT2D eigenvalue weighted by Crippen LogP contribution is 2.25. The van der Waals surface area contributed by atoms with Gasteiger partial charge in [-0.1, -0.05) is 6.92 Å². The summed E-state index contributed by atoms with van der Waals surface area (Å²) in [5, 5.41) is 3.50. The molecular formula is C11H21NO2. The molecule has 1 N–H and O–H groups in total. The highest BCUT2D eigenvalue weighted by Gasteiger charge is 2.30. The monoisotopic (exact) mass is 199 g/mol. The summed E-state index contributed by atoms with van der Waals surface area (Å²) in [6.45, 7) is 4.89. The van der Waals surface area contributed by atoms with Crippen LogP contribution in [0.1, 0.15) is 32.6 Å². The van der Waals surface area contributed by atoms with Crippen molar-refractivity contribution in [3.8, 4) is 0 Å². The molecule has 14 heavy (non-hydrogen) atoms. The molecule has 1 heterocycles. The number of rotatable bonds is 4. The van der Waals surface area contributed by atoms with Crippen LogP contribution in [0.15, 0.2) is 0 Å². The molecule has 2 fully saturated rings. The Hall–Kier alpha value is -0.120. The average molecular weight is 199 g/mol. The van der Waals surface area contributed by atoms with Gasteiger partial charge in [0.1, 0.15) is 0 Å². The predicted molar refractivity (Wildman–Crippen MR) is 55.4 cm³/mol. The molecule has 1 saturated heterocycles. The van der Waals surface area contributed by atoms with Gasteiger partial charge < -0.3 is 14.8 Å². The fraction of sp³-hybridized carbons (Fsp3) is 1.00. The quantitative estimate of drug-likeness (QED) is 0.741. The van der Waals surface area contributed by atoms with Crippen molar-refractivity contribution in [3.05, 3.63) is 0 Å². The van der Waals surface area contributed by atoms with Crippen LogP contribution in [0.3, 0.4) is 0 Å². The second-order valence-electron chi connectivity index (χ2n) is 4.26. The topological polar surface area (TPSA) is 30.5 Å². The number of hydrogen-bond donors (Lipinski definition) is 1. The van der Waals surface area contributed by atoms with E-state index < -0.39 is 0 Å². The lowest BCUT2D eigenvalue weighted by molar-refractivity contribution is -0.0237. The summed E-state index contributed by atoms with van der Waals surface area (Å²) < 4.78 is 11.4. The zero-order valence-electron chi connectivity index (χ0n) is 9.00. The third-order valence-corrected chi connectivity index (χ3v) is 3.17. The number of hydrogen-bond acceptors (Lipinski definition) is 3. The largest absolute Gasteiger partial charge is 0.379 e. The zero-order valence-corrected chi connectivity index (χ0v) is 9.00. The second kappa shape index (κ2) is 5.10. The minimum absolute atomic E-state index is 0.360. The predicted octanol–water partition coefficient (Wildman–Crippen LogP) is 1.32. The summed E-state index contributed by atoms with van der Waals surface area (Å²) in [5.74, 6) is 0. The Kier molecular flexibility index (Phi) is 3.79. The van der Waals surface area contributed by atoms with Crippen LogP contribution in [0.5, 0.6) is 0 Å². The Morgan fingerprint density at radius 2 is 2.29 bits per heavy atom. The van der Waals surface area contributed by atoms with E-state index in [1.54, 1.807) is 0 Å². The Balaban J connectivity index is 1.77. The first-order chi connectivity index (χ1) is 6.90. The molecule has 0 aromatic rings. The molecule has 0 bridgehead atoms. The molecular weight excluding hydrogens is 178 g/mol.